The number of rotatable bonds is 4. The van der Waals surface area contributed by atoms with Crippen molar-refractivity contribution in [2.75, 3.05) is 5.32 Å². The fraction of sp³-hybridized carbons (Fsp3) is 0.0526. The number of benzene rings is 2. The molecule has 0 saturated carbocycles. The summed E-state index contributed by atoms with van der Waals surface area (Å²) >= 11 is 5.79. The van der Waals surface area contributed by atoms with Crippen LogP contribution in [0.1, 0.15) is 15.9 Å². The van der Waals surface area contributed by atoms with Gasteiger partial charge in [-0.25, -0.2) is 13.4 Å². The first kappa shape index (κ1) is 18.1. The van der Waals surface area contributed by atoms with Crippen LogP contribution in [-0.4, -0.2) is 19.3 Å². The summed E-state index contributed by atoms with van der Waals surface area (Å²) < 4.78 is 25.1. The summed E-state index contributed by atoms with van der Waals surface area (Å²) in [5.41, 5.74) is 1.88. The van der Waals surface area contributed by atoms with Crippen molar-refractivity contribution < 1.29 is 13.2 Å². The molecule has 1 N–H and O–H groups in total. The number of nitrogens with zero attached hydrogens (tertiary/aromatic N) is 1. The second-order valence-corrected chi connectivity index (χ2v) is 7.94. The Morgan fingerprint density at radius 3 is 2.31 bits per heavy atom. The molecular formula is C19H15ClN2O3S. The highest BCUT2D eigenvalue weighted by molar-refractivity contribution is 7.91. The van der Waals surface area contributed by atoms with Crippen LogP contribution in [0.3, 0.4) is 0 Å². The van der Waals surface area contributed by atoms with Crippen LogP contribution in [0.4, 0.5) is 5.69 Å². The number of pyridine rings is 1. The molecular weight excluding hydrogens is 372 g/mol. The summed E-state index contributed by atoms with van der Waals surface area (Å²) in [7, 11) is -3.77. The molecule has 1 amide bonds. The summed E-state index contributed by atoms with van der Waals surface area (Å²) in [6.07, 6.45) is 1.25. The van der Waals surface area contributed by atoms with Gasteiger partial charge in [-0.2, -0.15) is 0 Å². The molecule has 0 saturated heterocycles. The lowest BCUT2D eigenvalue weighted by molar-refractivity contribution is 0.102. The maximum absolute atomic E-state index is 12.6. The average molecular weight is 387 g/mol. The van der Waals surface area contributed by atoms with Crippen molar-refractivity contribution in [3.8, 4) is 0 Å². The Morgan fingerprint density at radius 2 is 1.69 bits per heavy atom. The first-order valence-corrected chi connectivity index (χ1v) is 9.58. The lowest BCUT2D eigenvalue weighted by Crippen LogP contribution is -2.14. The summed E-state index contributed by atoms with van der Waals surface area (Å²) in [6.45, 7) is 1.88. The van der Waals surface area contributed by atoms with Crippen LogP contribution in [0.25, 0.3) is 0 Å². The van der Waals surface area contributed by atoms with Gasteiger partial charge in [-0.3, -0.25) is 4.79 Å². The molecule has 5 nitrogen and oxygen atoms in total. The van der Waals surface area contributed by atoms with Gasteiger partial charge in [0.15, 0.2) is 5.03 Å². The molecule has 7 heteroatoms. The van der Waals surface area contributed by atoms with Gasteiger partial charge in [0.1, 0.15) is 0 Å². The zero-order chi connectivity index (χ0) is 18.7. The zero-order valence-corrected chi connectivity index (χ0v) is 15.4. The van der Waals surface area contributed by atoms with E-state index in [1.165, 1.54) is 42.6 Å². The number of para-hydroxylation sites is 1. The van der Waals surface area contributed by atoms with E-state index in [2.05, 4.69) is 10.3 Å². The minimum absolute atomic E-state index is 0.0894. The van der Waals surface area contributed by atoms with Crippen LogP contribution in [0, 0.1) is 6.92 Å². The number of hydrogen-bond donors (Lipinski definition) is 1. The van der Waals surface area contributed by atoms with Crippen molar-refractivity contribution in [3.05, 3.63) is 83.0 Å². The third-order valence-corrected chi connectivity index (χ3v) is 5.73. The van der Waals surface area contributed by atoms with E-state index in [0.29, 0.717) is 10.7 Å². The molecule has 0 aliphatic rings. The van der Waals surface area contributed by atoms with Gasteiger partial charge in [0.05, 0.1) is 10.5 Å². The van der Waals surface area contributed by atoms with E-state index in [9.17, 15) is 13.2 Å². The Morgan fingerprint density at radius 1 is 1.00 bits per heavy atom. The Kier molecular flexibility index (Phi) is 5.06. The number of hydrogen-bond acceptors (Lipinski definition) is 4. The summed E-state index contributed by atoms with van der Waals surface area (Å²) in [5.74, 6) is -0.359. The standard InChI is InChI=1S/C19H15ClN2O3S/c1-13-4-2-3-5-17(13)22-19(23)14-6-11-18(21-12-14)26(24,25)16-9-7-15(20)8-10-16/h2-12H,1H3,(H,22,23). The van der Waals surface area contributed by atoms with Gasteiger partial charge < -0.3 is 5.32 Å². The van der Waals surface area contributed by atoms with Gasteiger partial charge >= 0.3 is 0 Å². The molecule has 1 heterocycles. The fourth-order valence-corrected chi connectivity index (χ4v) is 3.62. The number of halogens is 1. The van der Waals surface area contributed by atoms with E-state index < -0.39 is 9.84 Å². The normalized spacial score (nSPS) is 11.2. The van der Waals surface area contributed by atoms with Gasteiger partial charge in [-0.15, -0.1) is 0 Å². The molecule has 132 valence electrons. The van der Waals surface area contributed by atoms with Gasteiger partial charge in [-0.1, -0.05) is 29.8 Å². The predicted octanol–water partition coefficient (Wildman–Crippen LogP) is 4.13. The minimum Gasteiger partial charge on any atom is -0.322 e. The van der Waals surface area contributed by atoms with Crippen molar-refractivity contribution >= 4 is 33.0 Å². The number of amides is 1. The van der Waals surface area contributed by atoms with Crippen LogP contribution in [-0.2, 0) is 9.84 Å². The van der Waals surface area contributed by atoms with Gasteiger partial charge in [0.2, 0.25) is 9.84 Å². The van der Waals surface area contributed by atoms with E-state index in [1.54, 1.807) is 6.07 Å². The molecule has 0 radical (unpaired) electrons. The topological polar surface area (TPSA) is 76.1 Å². The molecule has 1 aromatic heterocycles. The number of aromatic nitrogens is 1. The third kappa shape index (κ3) is 3.76. The molecule has 0 aliphatic heterocycles. The summed E-state index contributed by atoms with van der Waals surface area (Å²) in [5, 5.41) is 3.09. The highest BCUT2D eigenvalue weighted by Gasteiger charge is 2.19. The Hall–Kier alpha value is -2.70. The number of aryl methyl sites for hydroxylation is 1. The molecule has 2 aromatic carbocycles. The lowest BCUT2D eigenvalue weighted by Gasteiger charge is -2.08. The smallest absolute Gasteiger partial charge is 0.257 e. The van der Waals surface area contributed by atoms with Crippen LogP contribution < -0.4 is 5.32 Å². The number of carbonyl (C=O) groups excluding carboxylic acids is 1. The van der Waals surface area contributed by atoms with E-state index in [0.717, 1.165) is 5.56 Å². The lowest BCUT2D eigenvalue weighted by atomic mass is 10.2. The minimum atomic E-state index is -3.77. The summed E-state index contributed by atoms with van der Waals surface area (Å²) in [6, 6.07) is 16.0. The average Bonchev–Trinajstić information content (AvgIpc) is 2.64. The first-order valence-electron chi connectivity index (χ1n) is 7.71. The predicted molar refractivity (Wildman–Crippen MR) is 100 cm³/mol. The molecule has 3 aromatic rings. The molecule has 26 heavy (non-hydrogen) atoms. The molecule has 0 bridgehead atoms. The quantitative estimate of drug-likeness (QED) is 0.731. The van der Waals surface area contributed by atoms with Crippen LogP contribution in [0.15, 0.2) is 76.8 Å². The SMILES string of the molecule is Cc1ccccc1NC(=O)c1ccc(S(=O)(=O)c2ccc(Cl)cc2)nc1. The third-order valence-electron chi connectivity index (χ3n) is 3.79. The van der Waals surface area contributed by atoms with Gasteiger partial charge in [0.25, 0.3) is 5.91 Å². The van der Waals surface area contributed by atoms with Crippen LogP contribution in [0.2, 0.25) is 5.02 Å². The molecule has 0 atom stereocenters. The second-order valence-electron chi connectivity index (χ2n) is 5.61. The van der Waals surface area contributed by atoms with E-state index in [1.807, 2.05) is 25.1 Å². The Bertz CT molecular complexity index is 1050. The zero-order valence-electron chi connectivity index (χ0n) is 13.8. The van der Waals surface area contributed by atoms with E-state index >= 15 is 0 Å². The van der Waals surface area contributed by atoms with Crippen molar-refractivity contribution in [2.45, 2.75) is 16.8 Å². The van der Waals surface area contributed by atoms with Crippen molar-refractivity contribution in [1.29, 1.82) is 0 Å². The van der Waals surface area contributed by atoms with Crippen molar-refractivity contribution in [2.24, 2.45) is 0 Å². The monoisotopic (exact) mass is 386 g/mol. The summed E-state index contributed by atoms with van der Waals surface area (Å²) in [4.78, 5) is 16.4. The van der Waals surface area contributed by atoms with Crippen molar-refractivity contribution in [3.63, 3.8) is 0 Å². The molecule has 3 rings (SSSR count). The molecule has 0 unspecified atom stereocenters. The highest BCUT2D eigenvalue weighted by atomic mass is 35.5. The van der Waals surface area contributed by atoms with Gasteiger partial charge in [-0.05, 0) is 55.0 Å². The maximum Gasteiger partial charge on any atom is 0.257 e. The second kappa shape index (κ2) is 7.27. The van der Waals surface area contributed by atoms with E-state index in [4.69, 9.17) is 11.6 Å². The number of nitrogens with one attached hydrogen (secondary N) is 1. The molecule has 0 aliphatic carbocycles. The Balaban J connectivity index is 1.83. The highest BCUT2D eigenvalue weighted by Crippen LogP contribution is 2.21. The largest absolute Gasteiger partial charge is 0.322 e. The van der Waals surface area contributed by atoms with Crippen LogP contribution in [0.5, 0.6) is 0 Å². The van der Waals surface area contributed by atoms with Crippen molar-refractivity contribution in [1.82, 2.24) is 4.98 Å². The number of sulfone groups is 1. The van der Waals surface area contributed by atoms with E-state index in [-0.39, 0.29) is 21.4 Å². The Labute approximate surface area is 156 Å². The fourth-order valence-electron chi connectivity index (χ4n) is 2.32. The van der Waals surface area contributed by atoms with Crippen LogP contribution >= 0.6 is 11.6 Å². The maximum atomic E-state index is 12.6. The van der Waals surface area contributed by atoms with Gasteiger partial charge in [0, 0.05) is 16.9 Å². The number of carbonyl (C=O) groups is 1. The molecule has 0 spiro atoms. The molecule has 0 fully saturated rings. The first-order chi connectivity index (χ1) is 12.4. The number of anilines is 1.